The lowest BCUT2D eigenvalue weighted by Crippen LogP contribution is -2.50. The molecule has 2 amide bonds. The van der Waals surface area contributed by atoms with Gasteiger partial charge in [-0.2, -0.15) is 9.90 Å². The van der Waals surface area contributed by atoms with Crippen molar-refractivity contribution in [1.29, 1.82) is 0 Å². The van der Waals surface area contributed by atoms with E-state index in [1.54, 1.807) is 16.7 Å². The van der Waals surface area contributed by atoms with Gasteiger partial charge in [-0.1, -0.05) is 17.7 Å². The number of aryl methyl sites for hydroxylation is 3. The third-order valence-electron chi connectivity index (χ3n) is 5.50. The van der Waals surface area contributed by atoms with E-state index in [0.29, 0.717) is 43.1 Å². The average molecular weight is 421 g/mol. The molecule has 3 aromatic rings. The van der Waals surface area contributed by atoms with Gasteiger partial charge < -0.3 is 9.80 Å². The molecule has 0 saturated carbocycles. The smallest absolute Gasteiger partial charge is 0.276 e. The number of rotatable bonds is 3. The summed E-state index contributed by atoms with van der Waals surface area (Å²) in [6, 6.07) is 11.5. The van der Waals surface area contributed by atoms with Gasteiger partial charge in [0.1, 0.15) is 5.82 Å². The minimum absolute atomic E-state index is 0.163. The second-order valence-electron chi connectivity index (χ2n) is 7.80. The first-order chi connectivity index (χ1) is 14.8. The van der Waals surface area contributed by atoms with Gasteiger partial charge in [-0.05, 0) is 56.7 Å². The Hall–Kier alpha value is -3.55. The molecule has 160 valence electrons. The van der Waals surface area contributed by atoms with Crippen LogP contribution in [0, 0.1) is 26.6 Å². The van der Waals surface area contributed by atoms with Crippen LogP contribution in [0.5, 0.6) is 0 Å². The second-order valence-corrected chi connectivity index (χ2v) is 7.80. The van der Waals surface area contributed by atoms with E-state index >= 15 is 0 Å². The van der Waals surface area contributed by atoms with Gasteiger partial charge in [-0.3, -0.25) is 9.59 Å². The number of nitrogens with zero attached hydrogens (tertiary/aromatic N) is 5. The fraction of sp³-hybridized carbons (Fsp3) is 0.304. The molecule has 0 unspecified atom stereocenters. The number of amides is 2. The maximum Gasteiger partial charge on any atom is 0.276 e. The summed E-state index contributed by atoms with van der Waals surface area (Å²) in [6.45, 7) is 7.41. The predicted molar refractivity (Wildman–Crippen MR) is 114 cm³/mol. The Labute approximate surface area is 180 Å². The molecule has 0 N–H and O–H groups in total. The van der Waals surface area contributed by atoms with Gasteiger partial charge in [0.2, 0.25) is 0 Å². The van der Waals surface area contributed by atoms with Crippen molar-refractivity contribution in [3.63, 3.8) is 0 Å². The maximum absolute atomic E-state index is 13.1. The molecule has 1 aromatic heterocycles. The Morgan fingerprint density at radius 3 is 2.06 bits per heavy atom. The van der Waals surface area contributed by atoms with Gasteiger partial charge in [0.05, 0.1) is 11.4 Å². The molecule has 0 bridgehead atoms. The molecule has 0 radical (unpaired) electrons. The molecular weight excluding hydrogens is 397 g/mol. The molecule has 1 saturated heterocycles. The van der Waals surface area contributed by atoms with Crippen LogP contribution in [0.15, 0.2) is 42.5 Å². The molecule has 2 heterocycles. The lowest BCUT2D eigenvalue weighted by atomic mass is 10.1. The van der Waals surface area contributed by atoms with E-state index in [1.807, 2.05) is 32.0 Å². The first-order valence-corrected chi connectivity index (χ1v) is 10.2. The molecule has 8 heteroatoms. The number of hydrogen-bond donors (Lipinski definition) is 0. The first kappa shape index (κ1) is 20.7. The van der Waals surface area contributed by atoms with Crippen molar-refractivity contribution in [3.8, 4) is 5.69 Å². The lowest BCUT2D eigenvalue weighted by molar-refractivity contribution is 0.0531. The van der Waals surface area contributed by atoms with Crippen LogP contribution in [0.2, 0.25) is 0 Å². The Morgan fingerprint density at radius 1 is 0.839 bits per heavy atom. The summed E-state index contributed by atoms with van der Waals surface area (Å²) in [6.07, 6.45) is 0. The van der Waals surface area contributed by atoms with Gasteiger partial charge >= 0.3 is 0 Å². The third-order valence-corrected chi connectivity index (χ3v) is 5.50. The fourth-order valence-electron chi connectivity index (χ4n) is 3.75. The zero-order valence-corrected chi connectivity index (χ0v) is 17.8. The summed E-state index contributed by atoms with van der Waals surface area (Å²) in [7, 11) is 0. The number of hydrogen-bond acceptors (Lipinski definition) is 4. The Kier molecular flexibility index (Phi) is 5.54. The summed E-state index contributed by atoms with van der Waals surface area (Å²) < 4.78 is 13.1. The molecular formula is C23H24FN5O2. The van der Waals surface area contributed by atoms with Gasteiger partial charge in [0, 0.05) is 31.7 Å². The minimum Gasteiger partial charge on any atom is -0.335 e. The van der Waals surface area contributed by atoms with E-state index in [-0.39, 0.29) is 17.6 Å². The van der Waals surface area contributed by atoms with Crippen molar-refractivity contribution in [2.75, 3.05) is 26.2 Å². The van der Waals surface area contributed by atoms with Crippen molar-refractivity contribution < 1.29 is 14.0 Å². The lowest BCUT2D eigenvalue weighted by Gasteiger charge is -2.34. The van der Waals surface area contributed by atoms with Crippen LogP contribution in [0.1, 0.15) is 37.7 Å². The van der Waals surface area contributed by atoms with Crippen LogP contribution in [0.3, 0.4) is 0 Å². The highest BCUT2D eigenvalue weighted by Gasteiger charge is 2.28. The largest absolute Gasteiger partial charge is 0.335 e. The van der Waals surface area contributed by atoms with Crippen LogP contribution in [-0.2, 0) is 0 Å². The molecule has 1 aliphatic heterocycles. The van der Waals surface area contributed by atoms with Crippen molar-refractivity contribution in [3.05, 3.63) is 76.4 Å². The molecule has 1 fully saturated rings. The quantitative estimate of drug-likeness (QED) is 0.652. The average Bonchev–Trinajstić information content (AvgIpc) is 3.14. The van der Waals surface area contributed by atoms with Crippen LogP contribution in [0.4, 0.5) is 4.39 Å². The molecule has 31 heavy (non-hydrogen) atoms. The Bertz CT molecular complexity index is 1130. The highest BCUT2D eigenvalue weighted by atomic mass is 19.1. The monoisotopic (exact) mass is 421 g/mol. The zero-order chi connectivity index (χ0) is 22.1. The van der Waals surface area contributed by atoms with Crippen molar-refractivity contribution >= 4 is 11.8 Å². The molecule has 7 nitrogen and oxygen atoms in total. The van der Waals surface area contributed by atoms with Crippen molar-refractivity contribution in [1.82, 2.24) is 24.8 Å². The number of benzene rings is 2. The number of halogens is 1. The van der Waals surface area contributed by atoms with Gasteiger partial charge in [0.15, 0.2) is 5.69 Å². The normalized spacial score (nSPS) is 14.1. The topological polar surface area (TPSA) is 71.3 Å². The van der Waals surface area contributed by atoms with Crippen molar-refractivity contribution in [2.45, 2.75) is 20.8 Å². The number of carbonyl (C=O) groups is 2. The van der Waals surface area contributed by atoms with Crippen molar-refractivity contribution in [2.24, 2.45) is 0 Å². The number of carbonyl (C=O) groups excluding carboxylic acids is 2. The van der Waals surface area contributed by atoms with E-state index in [1.165, 1.54) is 29.1 Å². The number of aromatic nitrogens is 3. The van der Waals surface area contributed by atoms with Gasteiger partial charge in [0.25, 0.3) is 11.8 Å². The van der Waals surface area contributed by atoms with E-state index in [2.05, 4.69) is 10.2 Å². The standard InChI is InChI=1S/C23H24FN5O2/c1-15-4-9-20(16(2)14-15)29-25-17(3)21(26-29)23(31)28-12-10-27(11-13-28)22(30)18-5-7-19(24)8-6-18/h4-9,14H,10-13H2,1-3H3. The van der Waals surface area contributed by atoms with Crippen LogP contribution in [-0.4, -0.2) is 62.8 Å². The predicted octanol–water partition coefficient (Wildman–Crippen LogP) is 2.93. The Morgan fingerprint density at radius 2 is 1.45 bits per heavy atom. The Balaban J connectivity index is 1.45. The molecule has 0 aliphatic carbocycles. The maximum atomic E-state index is 13.1. The summed E-state index contributed by atoms with van der Waals surface area (Å²) in [5.74, 6) is -0.734. The van der Waals surface area contributed by atoms with Crippen LogP contribution in [0.25, 0.3) is 5.69 Å². The summed E-state index contributed by atoms with van der Waals surface area (Å²) in [5, 5.41) is 8.89. The molecule has 0 spiro atoms. The highest BCUT2D eigenvalue weighted by Crippen LogP contribution is 2.17. The third kappa shape index (κ3) is 4.19. The minimum atomic E-state index is -0.379. The van der Waals surface area contributed by atoms with Gasteiger partial charge in [-0.15, -0.1) is 5.10 Å². The van der Waals surface area contributed by atoms with E-state index in [9.17, 15) is 14.0 Å². The summed E-state index contributed by atoms with van der Waals surface area (Å²) >= 11 is 0. The highest BCUT2D eigenvalue weighted by molar-refractivity contribution is 5.95. The molecule has 1 aliphatic rings. The van der Waals surface area contributed by atoms with Crippen LogP contribution >= 0.6 is 0 Å². The zero-order valence-electron chi connectivity index (χ0n) is 17.8. The first-order valence-electron chi connectivity index (χ1n) is 10.2. The summed E-state index contributed by atoms with van der Waals surface area (Å²) in [5.41, 5.74) is 4.33. The SMILES string of the molecule is Cc1ccc(-n2nc(C)c(C(=O)N3CCN(C(=O)c4ccc(F)cc4)CC3)n2)c(C)c1. The van der Waals surface area contributed by atoms with E-state index in [4.69, 9.17) is 0 Å². The molecule has 0 atom stereocenters. The molecule has 2 aromatic carbocycles. The van der Waals surface area contributed by atoms with Gasteiger partial charge in [-0.25, -0.2) is 4.39 Å². The van der Waals surface area contributed by atoms with E-state index in [0.717, 1.165) is 16.8 Å². The van der Waals surface area contributed by atoms with E-state index < -0.39 is 0 Å². The summed E-state index contributed by atoms with van der Waals surface area (Å²) in [4.78, 5) is 30.5. The molecule has 4 rings (SSSR count). The fourth-order valence-corrected chi connectivity index (χ4v) is 3.75. The van der Waals surface area contributed by atoms with Crippen LogP contribution < -0.4 is 0 Å². The number of piperazine rings is 1. The second kappa shape index (κ2) is 8.29.